The molecular weight excluding hydrogens is 228 g/mol. The van der Waals surface area contributed by atoms with E-state index in [0.717, 1.165) is 29.9 Å². The van der Waals surface area contributed by atoms with Crippen molar-refractivity contribution < 1.29 is 9.84 Å². The number of aliphatic hydroxyl groups excluding tert-OH is 1. The summed E-state index contributed by atoms with van der Waals surface area (Å²) in [5, 5.41) is 9.60. The van der Waals surface area contributed by atoms with Crippen molar-refractivity contribution >= 4 is 0 Å². The fraction of sp³-hybridized carbons (Fsp3) is 0.714. The lowest BCUT2D eigenvalue weighted by Crippen LogP contribution is -2.31. The van der Waals surface area contributed by atoms with Crippen molar-refractivity contribution in [3.05, 3.63) is 23.3 Å². The number of aryl methyl sites for hydroxylation is 1. The predicted octanol–water partition coefficient (Wildman–Crippen LogP) is 2.89. The second kappa shape index (κ2) is 6.25. The fourth-order valence-electron chi connectivity index (χ4n) is 2.22. The molecule has 0 aliphatic carbocycles. The molecule has 1 atom stereocenters. The van der Waals surface area contributed by atoms with E-state index in [2.05, 4.69) is 23.8 Å². The minimum Gasteiger partial charge on any atom is -0.389 e. The van der Waals surface area contributed by atoms with Gasteiger partial charge in [0.25, 0.3) is 0 Å². The molecule has 0 bridgehead atoms. The molecule has 0 radical (unpaired) electrons. The Morgan fingerprint density at radius 2 is 1.94 bits per heavy atom. The van der Waals surface area contributed by atoms with Crippen molar-refractivity contribution in [1.82, 2.24) is 9.97 Å². The molecule has 0 amide bonds. The van der Waals surface area contributed by atoms with Crippen LogP contribution in [0.15, 0.2) is 6.20 Å². The van der Waals surface area contributed by atoms with Gasteiger partial charge >= 0.3 is 0 Å². The molecule has 1 N–H and O–H groups in total. The lowest BCUT2D eigenvalue weighted by Gasteiger charge is -2.30. The van der Waals surface area contributed by atoms with Crippen LogP contribution in [0.1, 0.15) is 63.7 Å². The SMILES string of the molecule is CCOC(CC)(CC)c1ncc(C(C)O)c(C)n1. The zero-order valence-electron chi connectivity index (χ0n) is 12.0. The van der Waals surface area contributed by atoms with Crippen LogP contribution in [0, 0.1) is 6.92 Å². The minimum absolute atomic E-state index is 0.406. The molecule has 1 unspecified atom stereocenters. The first-order valence-electron chi connectivity index (χ1n) is 6.66. The van der Waals surface area contributed by atoms with E-state index in [9.17, 15) is 5.11 Å². The maximum Gasteiger partial charge on any atom is 0.160 e. The fourth-order valence-corrected chi connectivity index (χ4v) is 2.22. The molecule has 4 nitrogen and oxygen atoms in total. The molecule has 0 aliphatic rings. The second-order valence-electron chi connectivity index (χ2n) is 4.54. The summed E-state index contributed by atoms with van der Waals surface area (Å²) in [7, 11) is 0. The molecule has 4 heteroatoms. The van der Waals surface area contributed by atoms with Gasteiger partial charge < -0.3 is 9.84 Å². The summed E-state index contributed by atoms with van der Waals surface area (Å²) >= 11 is 0. The highest BCUT2D eigenvalue weighted by Gasteiger charge is 2.32. The summed E-state index contributed by atoms with van der Waals surface area (Å²) in [6.45, 7) is 10.4. The first-order valence-corrected chi connectivity index (χ1v) is 6.66. The number of rotatable bonds is 6. The van der Waals surface area contributed by atoms with Crippen molar-refractivity contribution in [2.45, 2.75) is 59.2 Å². The third-order valence-corrected chi connectivity index (χ3v) is 3.44. The number of hydrogen-bond donors (Lipinski definition) is 1. The van der Waals surface area contributed by atoms with Gasteiger partial charge in [-0.3, -0.25) is 0 Å². The van der Waals surface area contributed by atoms with Gasteiger partial charge in [-0.1, -0.05) is 13.8 Å². The average Bonchev–Trinajstić information content (AvgIpc) is 2.35. The summed E-state index contributed by atoms with van der Waals surface area (Å²) < 4.78 is 5.88. The lowest BCUT2D eigenvalue weighted by atomic mass is 9.95. The molecule has 0 aliphatic heterocycles. The van der Waals surface area contributed by atoms with E-state index in [1.54, 1.807) is 13.1 Å². The zero-order chi connectivity index (χ0) is 13.8. The maximum absolute atomic E-state index is 9.60. The Hall–Kier alpha value is -1.00. The van der Waals surface area contributed by atoms with E-state index in [0.29, 0.717) is 6.61 Å². The minimum atomic E-state index is -0.538. The number of nitrogens with zero attached hydrogens (tertiary/aromatic N) is 2. The van der Waals surface area contributed by atoms with Crippen LogP contribution in [0.5, 0.6) is 0 Å². The maximum atomic E-state index is 9.60. The standard InChI is InChI=1S/C14H24N2O2/c1-6-14(7-2,18-8-3)13-15-9-12(11(5)17)10(4)16-13/h9,11,17H,6-8H2,1-5H3. The third-order valence-electron chi connectivity index (χ3n) is 3.44. The molecule has 0 spiro atoms. The normalized spacial score (nSPS) is 13.7. The van der Waals surface area contributed by atoms with Gasteiger partial charge in [-0.05, 0) is 33.6 Å². The van der Waals surface area contributed by atoms with Gasteiger partial charge in [-0.25, -0.2) is 9.97 Å². The molecule has 18 heavy (non-hydrogen) atoms. The summed E-state index contributed by atoms with van der Waals surface area (Å²) in [4.78, 5) is 8.93. The molecule has 102 valence electrons. The summed E-state index contributed by atoms with van der Waals surface area (Å²) in [5.74, 6) is 0.719. The highest BCUT2D eigenvalue weighted by atomic mass is 16.5. The average molecular weight is 252 g/mol. The van der Waals surface area contributed by atoms with Crippen LogP contribution < -0.4 is 0 Å². The monoisotopic (exact) mass is 252 g/mol. The van der Waals surface area contributed by atoms with Crippen molar-refractivity contribution in [1.29, 1.82) is 0 Å². The Balaban J connectivity index is 3.18. The number of ether oxygens (including phenoxy) is 1. The predicted molar refractivity (Wildman–Crippen MR) is 71.3 cm³/mol. The first kappa shape index (κ1) is 15.1. The Bertz CT molecular complexity index is 387. The van der Waals surface area contributed by atoms with E-state index in [1.807, 2.05) is 13.8 Å². The third kappa shape index (κ3) is 2.87. The lowest BCUT2D eigenvalue weighted by molar-refractivity contribution is -0.0573. The Morgan fingerprint density at radius 1 is 1.33 bits per heavy atom. The van der Waals surface area contributed by atoms with Gasteiger partial charge in [-0.15, -0.1) is 0 Å². The van der Waals surface area contributed by atoms with Crippen molar-refractivity contribution in [2.24, 2.45) is 0 Å². The van der Waals surface area contributed by atoms with Gasteiger partial charge in [0.1, 0.15) is 5.60 Å². The van der Waals surface area contributed by atoms with Crippen LogP contribution >= 0.6 is 0 Å². The van der Waals surface area contributed by atoms with E-state index < -0.39 is 11.7 Å². The van der Waals surface area contributed by atoms with Crippen molar-refractivity contribution in [3.8, 4) is 0 Å². The number of aliphatic hydroxyl groups is 1. The molecule has 0 aromatic carbocycles. The summed E-state index contributed by atoms with van der Waals surface area (Å²) in [5.41, 5.74) is 1.19. The summed E-state index contributed by atoms with van der Waals surface area (Å²) in [6, 6.07) is 0. The first-order chi connectivity index (χ1) is 8.50. The van der Waals surface area contributed by atoms with Crippen molar-refractivity contribution in [2.75, 3.05) is 6.61 Å². The van der Waals surface area contributed by atoms with Gasteiger partial charge in [0, 0.05) is 24.1 Å². The van der Waals surface area contributed by atoms with Crippen LogP contribution in [0.3, 0.4) is 0 Å². The van der Waals surface area contributed by atoms with Crippen LogP contribution in [-0.4, -0.2) is 21.7 Å². The van der Waals surface area contributed by atoms with E-state index in [-0.39, 0.29) is 0 Å². The van der Waals surface area contributed by atoms with Gasteiger partial charge in [0.2, 0.25) is 0 Å². The second-order valence-corrected chi connectivity index (χ2v) is 4.54. The van der Waals surface area contributed by atoms with Gasteiger partial charge in [-0.2, -0.15) is 0 Å². The molecule has 0 saturated carbocycles. The highest BCUT2D eigenvalue weighted by molar-refractivity contribution is 5.20. The number of aromatic nitrogens is 2. The topological polar surface area (TPSA) is 55.2 Å². The largest absolute Gasteiger partial charge is 0.389 e. The number of hydrogen-bond acceptors (Lipinski definition) is 4. The van der Waals surface area contributed by atoms with E-state index >= 15 is 0 Å². The van der Waals surface area contributed by atoms with Crippen LogP contribution in [0.2, 0.25) is 0 Å². The van der Waals surface area contributed by atoms with Crippen LogP contribution in [0.4, 0.5) is 0 Å². The molecule has 1 aromatic rings. The molecule has 0 saturated heterocycles. The molecule has 1 heterocycles. The zero-order valence-corrected chi connectivity index (χ0v) is 12.0. The highest BCUT2D eigenvalue weighted by Crippen LogP contribution is 2.31. The Labute approximate surface area is 109 Å². The molecule has 1 aromatic heterocycles. The molecular formula is C14H24N2O2. The van der Waals surface area contributed by atoms with E-state index in [1.165, 1.54) is 0 Å². The van der Waals surface area contributed by atoms with Crippen LogP contribution in [-0.2, 0) is 10.3 Å². The quantitative estimate of drug-likeness (QED) is 0.845. The Morgan fingerprint density at radius 3 is 2.33 bits per heavy atom. The van der Waals surface area contributed by atoms with Crippen molar-refractivity contribution in [3.63, 3.8) is 0 Å². The van der Waals surface area contributed by atoms with E-state index in [4.69, 9.17) is 4.74 Å². The van der Waals surface area contributed by atoms with Crippen LogP contribution in [0.25, 0.3) is 0 Å². The Kier molecular flexibility index (Phi) is 5.23. The molecule has 1 rings (SSSR count). The summed E-state index contributed by atoms with van der Waals surface area (Å²) in [6.07, 6.45) is 2.85. The van der Waals surface area contributed by atoms with Gasteiger partial charge in [0.05, 0.1) is 6.10 Å². The van der Waals surface area contributed by atoms with Gasteiger partial charge in [0.15, 0.2) is 5.82 Å². The smallest absolute Gasteiger partial charge is 0.160 e. The molecule has 0 fully saturated rings.